The van der Waals surface area contributed by atoms with Gasteiger partial charge in [-0.3, -0.25) is 0 Å². The van der Waals surface area contributed by atoms with Crippen molar-refractivity contribution in [2.75, 3.05) is 27.2 Å². The molecule has 0 spiro atoms. The second-order valence-electron chi connectivity index (χ2n) is 4.89. The summed E-state index contributed by atoms with van der Waals surface area (Å²) in [6.07, 6.45) is 2.61. The standard InChI is InChI=1S/C14H26N2O/c1-11(2)9-16(5)10-14(7-12(3)15)8-13(4)17-6/h7,11H,3-4,8-10,15H2,1-2,5-6H3/b14-7-. The van der Waals surface area contributed by atoms with E-state index in [1.54, 1.807) is 7.11 Å². The first-order chi connectivity index (χ1) is 7.85. The lowest BCUT2D eigenvalue weighted by Crippen LogP contribution is -2.25. The van der Waals surface area contributed by atoms with Gasteiger partial charge in [0.05, 0.1) is 12.9 Å². The van der Waals surface area contributed by atoms with Crippen LogP contribution in [-0.4, -0.2) is 32.1 Å². The fourth-order valence-corrected chi connectivity index (χ4v) is 1.77. The Kier molecular flexibility index (Phi) is 7.39. The molecule has 0 radical (unpaired) electrons. The van der Waals surface area contributed by atoms with Crippen LogP contribution in [0.1, 0.15) is 20.3 Å². The number of nitrogens with two attached hydrogens (primary N) is 1. The minimum absolute atomic E-state index is 0.571. The highest BCUT2D eigenvalue weighted by Gasteiger charge is 2.07. The molecule has 0 fully saturated rings. The Morgan fingerprint density at radius 3 is 2.41 bits per heavy atom. The van der Waals surface area contributed by atoms with Gasteiger partial charge in [-0.2, -0.15) is 0 Å². The first-order valence-electron chi connectivity index (χ1n) is 5.89. The van der Waals surface area contributed by atoms with Crippen LogP contribution in [0, 0.1) is 5.92 Å². The van der Waals surface area contributed by atoms with Crippen LogP contribution in [0.25, 0.3) is 0 Å². The Morgan fingerprint density at radius 2 is 2.00 bits per heavy atom. The van der Waals surface area contributed by atoms with E-state index in [1.807, 2.05) is 6.08 Å². The van der Waals surface area contributed by atoms with Gasteiger partial charge in [0.2, 0.25) is 0 Å². The van der Waals surface area contributed by atoms with Gasteiger partial charge in [0.1, 0.15) is 0 Å². The molecule has 0 rings (SSSR count). The fourth-order valence-electron chi connectivity index (χ4n) is 1.77. The van der Waals surface area contributed by atoms with Gasteiger partial charge in [0.25, 0.3) is 0 Å². The first-order valence-corrected chi connectivity index (χ1v) is 5.89. The van der Waals surface area contributed by atoms with Crippen LogP contribution in [0.5, 0.6) is 0 Å². The van der Waals surface area contributed by atoms with E-state index >= 15 is 0 Å². The van der Waals surface area contributed by atoms with E-state index in [2.05, 4.69) is 39.0 Å². The molecule has 17 heavy (non-hydrogen) atoms. The van der Waals surface area contributed by atoms with Crippen molar-refractivity contribution >= 4 is 0 Å². The van der Waals surface area contributed by atoms with Gasteiger partial charge in [0, 0.05) is 25.2 Å². The zero-order valence-electron chi connectivity index (χ0n) is 11.6. The van der Waals surface area contributed by atoms with E-state index in [9.17, 15) is 0 Å². The first kappa shape index (κ1) is 15.8. The lowest BCUT2D eigenvalue weighted by atomic mass is 10.1. The van der Waals surface area contributed by atoms with Crippen molar-refractivity contribution in [1.82, 2.24) is 4.90 Å². The maximum Gasteiger partial charge on any atom is 0.0924 e. The van der Waals surface area contributed by atoms with Crippen LogP contribution in [0.4, 0.5) is 0 Å². The molecule has 2 N–H and O–H groups in total. The smallest absolute Gasteiger partial charge is 0.0924 e. The van der Waals surface area contributed by atoms with Crippen molar-refractivity contribution in [1.29, 1.82) is 0 Å². The Morgan fingerprint density at radius 1 is 1.41 bits per heavy atom. The maximum atomic E-state index is 5.63. The predicted octanol–water partition coefficient (Wildman–Crippen LogP) is 2.52. The minimum Gasteiger partial charge on any atom is -0.501 e. The Balaban J connectivity index is 4.49. The number of nitrogens with zero attached hydrogens (tertiary/aromatic N) is 1. The molecule has 0 atom stereocenters. The molecule has 3 nitrogen and oxygen atoms in total. The number of methoxy groups -OCH3 is 1. The van der Waals surface area contributed by atoms with Crippen molar-refractivity contribution in [2.45, 2.75) is 20.3 Å². The topological polar surface area (TPSA) is 38.5 Å². The summed E-state index contributed by atoms with van der Waals surface area (Å²) in [6, 6.07) is 0. The molecule has 0 aromatic heterocycles. The van der Waals surface area contributed by atoms with E-state index in [0.717, 1.165) is 18.8 Å². The molecule has 0 saturated carbocycles. The molecule has 0 unspecified atom stereocenters. The quantitative estimate of drug-likeness (QED) is 0.521. The largest absolute Gasteiger partial charge is 0.501 e. The molecule has 0 aliphatic heterocycles. The number of likely N-dealkylation sites (N-methyl/N-ethyl adjacent to an activating group) is 1. The van der Waals surface area contributed by atoms with Gasteiger partial charge in [-0.15, -0.1) is 0 Å². The molecular weight excluding hydrogens is 212 g/mol. The van der Waals surface area contributed by atoms with Crippen LogP contribution in [0.3, 0.4) is 0 Å². The zero-order valence-corrected chi connectivity index (χ0v) is 11.6. The molecule has 0 heterocycles. The third-order valence-corrected chi connectivity index (χ3v) is 2.25. The van der Waals surface area contributed by atoms with Gasteiger partial charge >= 0.3 is 0 Å². The van der Waals surface area contributed by atoms with Gasteiger partial charge in [-0.05, 0) is 24.6 Å². The highest BCUT2D eigenvalue weighted by Crippen LogP contribution is 2.13. The summed E-state index contributed by atoms with van der Waals surface area (Å²) in [5.74, 6) is 1.39. The predicted molar refractivity (Wildman–Crippen MR) is 74.5 cm³/mol. The molecule has 0 aliphatic rings. The van der Waals surface area contributed by atoms with E-state index in [1.165, 1.54) is 5.57 Å². The molecule has 0 saturated heterocycles. The van der Waals surface area contributed by atoms with Crippen molar-refractivity contribution < 1.29 is 4.74 Å². The lowest BCUT2D eigenvalue weighted by Gasteiger charge is -2.21. The summed E-state index contributed by atoms with van der Waals surface area (Å²) < 4.78 is 5.10. The molecule has 0 aliphatic carbocycles. The van der Waals surface area contributed by atoms with Crippen LogP contribution in [0.15, 0.2) is 36.3 Å². The molecule has 0 aromatic carbocycles. The summed E-state index contributed by atoms with van der Waals surface area (Å²) >= 11 is 0. The minimum atomic E-state index is 0.571. The molecule has 0 aromatic rings. The number of hydrogen-bond donors (Lipinski definition) is 1. The summed E-state index contributed by atoms with van der Waals surface area (Å²) in [7, 11) is 3.73. The second kappa shape index (κ2) is 7.96. The third-order valence-electron chi connectivity index (χ3n) is 2.25. The monoisotopic (exact) mass is 238 g/mol. The van der Waals surface area contributed by atoms with Crippen molar-refractivity contribution in [3.8, 4) is 0 Å². The number of hydrogen-bond acceptors (Lipinski definition) is 3. The molecule has 3 heteroatoms. The molecule has 0 amide bonds. The highest BCUT2D eigenvalue weighted by atomic mass is 16.5. The average molecular weight is 238 g/mol. The van der Waals surface area contributed by atoms with Crippen LogP contribution in [0.2, 0.25) is 0 Å². The van der Waals surface area contributed by atoms with Gasteiger partial charge in [-0.25, -0.2) is 0 Å². The van der Waals surface area contributed by atoms with Crippen LogP contribution < -0.4 is 5.73 Å². The molecular formula is C14H26N2O. The SMILES string of the molecule is C=C(N)/C=C(/CC(=C)OC)CN(C)CC(C)C. The fraction of sp³-hybridized carbons (Fsp3) is 0.571. The summed E-state index contributed by atoms with van der Waals surface area (Å²) in [4.78, 5) is 2.27. The Bertz CT molecular complexity index is 293. The van der Waals surface area contributed by atoms with Crippen LogP contribution >= 0.6 is 0 Å². The molecule has 98 valence electrons. The normalized spacial score (nSPS) is 12.0. The summed E-state index contributed by atoms with van der Waals surface area (Å²) in [5, 5.41) is 0. The van der Waals surface area contributed by atoms with Gasteiger partial charge in [-0.1, -0.05) is 27.0 Å². The number of allylic oxidation sites excluding steroid dienone is 2. The van der Waals surface area contributed by atoms with E-state index in [0.29, 0.717) is 18.0 Å². The summed E-state index contributed by atoms with van der Waals surface area (Å²) in [6.45, 7) is 13.9. The highest BCUT2D eigenvalue weighted by molar-refractivity contribution is 5.22. The van der Waals surface area contributed by atoms with Gasteiger partial charge in [0.15, 0.2) is 0 Å². The van der Waals surface area contributed by atoms with E-state index in [-0.39, 0.29) is 0 Å². The van der Waals surface area contributed by atoms with E-state index < -0.39 is 0 Å². The lowest BCUT2D eigenvalue weighted by molar-refractivity contribution is 0.277. The zero-order chi connectivity index (χ0) is 13.4. The van der Waals surface area contributed by atoms with Crippen molar-refractivity contribution in [3.05, 3.63) is 36.3 Å². The maximum absolute atomic E-state index is 5.63. The van der Waals surface area contributed by atoms with Crippen molar-refractivity contribution in [2.24, 2.45) is 11.7 Å². The van der Waals surface area contributed by atoms with E-state index in [4.69, 9.17) is 10.5 Å². The van der Waals surface area contributed by atoms with Crippen molar-refractivity contribution in [3.63, 3.8) is 0 Å². The van der Waals surface area contributed by atoms with Gasteiger partial charge < -0.3 is 15.4 Å². The molecule has 0 bridgehead atoms. The number of ether oxygens (including phenoxy) is 1. The number of rotatable bonds is 8. The average Bonchev–Trinajstić information content (AvgIpc) is 2.14. The third kappa shape index (κ3) is 8.57. The summed E-state index contributed by atoms with van der Waals surface area (Å²) in [5.41, 5.74) is 7.37. The second-order valence-corrected chi connectivity index (χ2v) is 4.89. The Hall–Kier alpha value is -1.22. The van der Waals surface area contributed by atoms with Crippen LogP contribution in [-0.2, 0) is 4.74 Å². The Labute approximate surface area is 106 Å².